The van der Waals surface area contributed by atoms with E-state index >= 15 is 0 Å². The number of hydrogen-bond donors (Lipinski definition) is 2. The number of carbonyl (C=O) groups excluding carboxylic acids is 2. The first-order chi connectivity index (χ1) is 15.8. The molecule has 0 spiro atoms. The number of para-hydroxylation sites is 1. The van der Waals surface area contributed by atoms with Crippen molar-refractivity contribution >= 4 is 54.8 Å². The van der Waals surface area contributed by atoms with Gasteiger partial charge in [0, 0.05) is 17.5 Å². The molecular weight excluding hydrogens is 474 g/mol. The van der Waals surface area contributed by atoms with Crippen LogP contribution >= 0.6 is 11.3 Å². The molecule has 2 aromatic heterocycles. The normalized spacial score (nSPS) is 11.3. The van der Waals surface area contributed by atoms with E-state index in [9.17, 15) is 28.1 Å². The molecule has 0 unspecified atom stereocenters. The first kappa shape index (κ1) is 22.0. The molecule has 0 saturated carbocycles. The molecular formula is C19H13N5O7S2. The van der Waals surface area contributed by atoms with Gasteiger partial charge in [0.05, 0.1) is 21.5 Å². The Kier molecular flexibility index (Phi) is 5.85. The van der Waals surface area contributed by atoms with Crippen molar-refractivity contribution in [1.29, 1.82) is 0 Å². The van der Waals surface area contributed by atoms with Crippen molar-refractivity contribution in [2.24, 2.45) is 0 Å². The van der Waals surface area contributed by atoms with Crippen LogP contribution in [0.3, 0.4) is 0 Å². The number of nitro benzene ring substituents is 1. The number of H-pyrrole nitrogens is 1. The zero-order valence-corrected chi connectivity index (χ0v) is 18.1. The summed E-state index contributed by atoms with van der Waals surface area (Å²) in [6, 6.07) is 11.3. The van der Waals surface area contributed by atoms with Crippen molar-refractivity contribution in [3.05, 3.63) is 70.5 Å². The maximum Gasteiger partial charge on any atom is 0.359 e. The monoisotopic (exact) mass is 487 g/mol. The van der Waals surface area contributed by atoms with Crippen LogP contribution in [-0.4, -0.2) is 47.0 Å². The number of nitro groups is 1. The van der Waals surface area contributed by atoms with E-state index in [1.807, 2.05) is 0 Å². The van der Waals surface area contributed by atoms with Crippen LogP contribution in [0.4, 0.5) is 10.8 Å². The van der Waals surface area contributed by atoms with Crippen LogP contribution < -0.4 is 5.32 Å². The quantitative estimate of drug-likeness (QED) is 0.225. The van der Waals surface area contributed by atoms with Gasteiger partial charge in [0.2, 0.25) is 9.84 Å². The largest absolute Gasteiger partial charge is 0.451 e. The zero-order chi connectivity index (χ0) is 23.6. The summed E-state index contributed by atoms with van der Waals surface area (Å²) in [4.78, 5) is 38.1. The molecule has 1 amide bonds. The first-order valence-electron chi connectivity index (χ1n) is 9.11. The Hall–Kier alpha value is -4.17. The van der Waals surface area contributed by atoms with Gasteiger partial charge in [-0.3, -0.25) is 25.3 Å². The third-order valence-electron chi connectivity index (χ3n) is 4.35. The maximum absolute atomic E-state index is 12.7. The Morgan fingerprint density at radius 1 is 1.15 bits per heavy atom. The number of nitrogens with one attached hydrogen (secondary N) is 2. The van der Waals surface area contributed by atoms with Crippen molar-refractivity contribution < 1.29 is 27.7 Å². The number of benzene rings is 2. The van der Waals surface area contributed by atoms with Gasteiger partial charge in [-0.25, -0.2) is 18.2 Å². The highest BCUT2D eigenvalue weighted by Gasteiger charge is 2.23. The lowest BCUT2D eigenvalue weighted by atomic mass is 10.2. The minimum atomic E-state index is -3.99. The molecule has 0 bridgehead atoms. The van der Waals surface area contributed by atoms with Gasteiger partial charge in [0.15, 0.2) is 17.4 Å². The smallest absolute Gasteiger partial charge is 0.359 e. The highest BCUT2D eigenvalue weighted by Crippen LogP contribution is 2.29. The number of anilines is 1. The Labute approximate surface area is 189 Å². The molecule has 0 aliphatic heterocycles. The van der Waals surface area contributed by atoms with E-state index in [1.54, 1.807) is 24.3 Å². The fourth-order valence-electron chi connectivity index (χ4n) is 2.78. The highest BCUT2D eigenvalue weighted by molar-refractivity contribution is 7.93. The van der Waals surface area contributed by atoms with Crippen LogP contribution in [0.15, 0.2) is 63.8 Å². The second-order valence-electron chi connectivity index (χ2n) is 6.48. The van der Waals surface area contributed by atoms with E-state index in [0.717, 1.165) is 30.5 Å². The molecule has 0 aliphatic carbocycles. The van der Waals surface area contributed by atoms with Crippen molar-refractivity contribution in [2.75, 3.05) is 11.9 Å². The fraction of sp³-hybridized carbons (Fsp3) is 0.0526. The minimum Gasteiger partial charge on any atom is -0.451 e. The van der Waals surface area contributed by atoms with Gasteiger partial charge >= 0.3 is 5.97 Å². The molecule has 4 aromatic rings. The number of amides is 1. The van der Waals surface area contributed by atoms with E-state index in [4.69, 9.17) is 4.74 Å². The topological polar surface area (TPSA) is 174 Å². The number of ether oxygens (including phenoxy) is 1. The Balaban J connectivity index is 1.39. The zero-order valence-electron chi connectivity index (χ0n) is 16.4. The van der Waals surface area contributed by atoms with Crippen LogP contribution in [0, 0.1) is 10.1 Å². The number of aromatic amines is 1. The van der Waals surface area contributed by atoms with Crippen LogP contribution in [0.25, 0.3) is 10.9 Å². The van der Waals surface area contributed by atoms with Crippen molar-refractivity contribution in [2.45, 2.75) is 9.10 Å². The minimum absolute atomic E-state index is 0.0262. The summed E-state index contributed by atoms with van der Waals surface area (Å²) in [5.41, 5.74) is 0.422. The van der Waals surface area contributed by atoms with Gasteiger partial charge in [-0.15, -0.1) is 0 Å². The fourth-order valence-corrected chi connectivity index (χ4v) is 5.23. The molecule has 0 aliphatic rings. The number of carbonyl (C=O) groups is 2. The molecule has 168 valence electrons. The van der Waals surface area contributed by atoms with Crippen LogP contribution in [0.5, 0.6) is 0 Å². The summed E-state index contributed by atoms with van der Waals surface area (Å²) in [6.07, 6.45) is 1.05. The summed E-state index contributed by atoms with van der Waals surface area (Å²) in [5.74, 6) is -1.53. The molecule has 0 saturated heterocycles. The molecule has 2 heterocycles. The summed E-state index contributed by atoms with van der Waals surface area (Å²) < 4.78 is 30.2. The molecule has 4 rings (SSSR count). The number of rotatable bonds is 7. The SMILES string of the molecule is O=C(COC(=O)c1n[nH]c2ccccc12)Nc1ncc(S(=O)(=O)c2ccc([N+](=O)[O-])cc2)s1. The number of hydrogen-bond acceptors (Lipinski definition) is 10. The Morgan fingerprint density at radius 2 is 1.88 bits per heavy atom. The standard InChI is InChI=1S/C19H13N5O7S2/c25-15(10-31-18(26)17-13-3-1-2-4-14(13)22-23-17)21-19-20-9-16(32-19)33(29,30)12-7-5-11(6-8-12)24(27)28/h1-9H,10H2,(H,22,23)(H,20,21,25). The predicted molar refractivity (Wildman–Crippen MR) is 116 cm³/mol. The third-order valence-corrected chi connectivity index (χ3v) is 7.50. The Morgan fingerprint density at radius 3 is 2.61 bits per heavy atom. The van der Waals surface area contributed by atoms with E-state index in [-0.39, 0.29) is 25.6 Å². The lowest BCUT2D eigenvalue weighted by Crippen LogP contribution is -2.21. The van der Waals surface area contributed by atoms with E-state index in [2.05, 4.69) is 20.5 Å². The third kappa shape index (κ3) is 4.56. The lowest BCUT2D eigenvalue weighted by Gasteiger charge is -2.03. The van der Waals surface area contributed by atoms with E-state index in [0.29, 0.717) is 22.2 Å². The Bertz CT molecular complexity index is 1480. The van der Waals surface area contributed by atoms with Gasteiger partial charge in [-0.2, -0.15) is 5.10 Å². The van der Waals surface area contributed by atoms with Crippen LogP contribution in [0.1, 0.15) is 10.5 Å². The molecule has 12 nitrogen and oxygen atoms in total. The number of non-ortho nitro benzene ring substituents is 1. The highest BCUT2D eigenvalue weighted by atomic mass is 32.2. The number of esters is 1. The average molecular weight is 487 g/mol. The van der Waals surface area contributed by atoms with Gasteiger partial charge in [0.1, 0.15) is 4.21 Å². The summed E-state index contributed by atoms with van der Waals surface area (Å²) in [7, 11) is -3.99. The van der Waals surface area contributed by atoms with Gasteiger partial charge in [0.25, 0.3) is 11.6 Å². The van der Waals surface area contributed by atoms with Crippen LogP contribution in [0.2, 0.25) is 0 Å². The summed E-state index contributed by atoms with van der Waals surface area (Å²) in [6.45, 7) is -0.635. The maximum atomic E-state index is 12.7. The second kappa shape index (κ2) is 8.76. The van der Waals surface area contributed by atoms with Crippen LogP contribution in [-0.2, 0) is 19.4 Å². The number of fused-ring (bicyclic) bond motifs is 1. The summed E-state index contributed by atoms with van der Waals surface area (Å²) in [5, 5.41) is 20.2. The van der Waals surface area contributed by atoms with Gasteiger partial charge < -0.3 is 4.74 Å². The first-order valence-corrected chi connectivity index (χ1v) is 11.4. The van der Waals surface area contributed by atoms with Gasteiger partial charge in [-0.1, -0.05) is 29.5 Å². The number of thiazole rings is 1. The second-order valence-corrected chi connectivity index (χ2v) is 9.69. The molecule has 0 atom stereocenters. The summed E-state index contributed by atoms with van der Waals surface area (Å²) >= 11 is 0.685. The van der Waals surface area contributed by atoms with Crippen molar-refractivity contribution in [3.8, 4) is 0 Å². The molecule has 0 fully saturated rings. The molecule has 14 heteroatoms. The molecule has 0 radical (unpaired) electrons. The van der Waals surface area contributed by atoms with E-state index in [1.165, 1.54) is 0 Å². The van der Waals surface area contributed by atoms with E-state index < -0.39 is 33.2 Å². The molecule has 33 heavy (non-hydrogen) atoms. The predicted octanol–water partition coefficient (Wildman–Crippen LogP) is 2.56. The number of sulfone groups is 1. The number of nitrogens with zero attached hydrogens (tertiary/aromatic N) is 3. The molecule has 2 N–H and O–H groups in total. The molecule has 2 aromatic carbocycles. The van der Waals surface area contributed by atoms with Crippen molar-refractivity contribution in [3.63, 3.8) is 0 Å². The lowest BCUT2D eigenvalue weighted by molar-refractivity contribution is -0.384. The number of aromatic nitrogens is 3. The van der Waals surface area contributed by atoms with Gasteiger partial charge in [-0.05, 0) is 18.2 Å². The van der Waals surface area contributed by atoms with Crippen molar-refractivity contribution in [1.82, 2.24) is 15.2 Å². The average Bonchev–Trinajstić information content (AvgIpc) is 3.45.